The van der Waals surface area contributed by atoms with E-state index < -0.39 is 0 Å². The molecule has 10 heavy (non-hydrogen) atoms. The van der Waals surface area contributed by atoms with Gasteiger partial charge in [-0.2, -0.15) is 0 Å². The van der Waals surface area contributed by atoms with E-state index >= 15 is 0 Å². The molecule has 0 unspecified atom stereocenters. The molecule has 0 amide bonds. The molecule has 1 fully saturated rings. The van der Waals surface area contributed by atoms with E-state index in [-0.39, 0.29) is 0 Å². The highest BCUT2D eigenvalue weighted by Gasteiger charge is 2.07. The summed E-state index contributed by atoms with van der Waals surface area (Å²) in [6, 6.07) is 0. The first-order valence-corrected chi connectivity index (χ1v) is 3.93. The van der Waals surface area contributed by atoms with Crippen molar-refractivity contribution in [3.05, 3.63) is 0 Å². The number of nitrogens with one attached hydrogen (secondary N) is 2. The lowest BCUT2D eigenvalue weighted by Gasteiger charge is -2.27. The second kappa shape index (κ2) is 3.85. The molecular formula is C6H13N3S. The molecule has 0 aromatic rings. The largest absolute Gasteiger partial charge is 0.314 e. The van der Waals surface area contributed by atoms with Crippen molar-refractivity contribution in [2.75, 3.05) is 26.2 Å². The normalized spacial score (nSPS) is 20.5. The number of rotatable bonds is 1. The van der Waals surface area contributed by atoms with E-state index in [1.165, 1.54) is 0 Å². The van der Waals surface area contributed by atoms with Gasteiger partial charge in [0.25, 0.3) is 0 Å². The van der Waals surface area contributed by atoms with Crippen molar-refractivity contribution in [2.45, 2.75) is 6.92 Å². The van der Waals surface area contributed by atoms with Crippen molar-refractivity contribution in [3.63, 3.8) is 0 Å². The van der Waals surface area contributed by atoms with Gasteiger partial charge in [0.2, 0.25) is 0 Å². The maximum atomic E-state index is 4.90. The predicted molar refractivity (Wildman–Crippen MR) is 45.9 cm³/mol. The second-order valence-corrected chi connectivity index (χ2v) is 3.02. The Kier molecular flexibility index (Phi) is 3.05. The summed E-state index contributed by atoms with van der Waals surface area (Å²) in [5, 5.41) is 5.40. The number of nitrogens with zero attached hydrogens (tertiary/aromatic N) is 1. The van der Waals surface area contributed by atoms with Crippen LogP contribution in [0, 0.1) is 0 Å². The summed E-state index contributed by atoms with van der Waals surface area (Å²) >= 11 is 4.90. The van der Waals surface area contributed by atoms with Gasteiger partial charge >= 0.3 is 0 Å². The molecule has 0 saturated carbocycles. The Bertz CT molecular complexity index is 120. The first kappa shape index (κ1) is 7.91. The van der Waals surface area contributed by atoms with Crippen molar-refractivity contribution in [1.82, 2.24) is 15.8 Å². The number of thiocarbonyl (C=S) groups is 1. The van der Waals surface area contributed by atoms with Gasteiger partial charge in [-0.05, 0) is 6.92 Å². The highest BCUT2D eigenvalue weighted by Crippen LogP contribution is 1.86. The molecule has 1 heterocycles. The van der Waals surface area contributed by atoms with Gasteiger partial charge in [-0.15, -0.1) is 0 Å². The maximum Gasteiger partial charge on any atom is 0.0865 e. The van der Waals surface area contributed by atoms with Crippen molar-refractivity contribution in [2.24, 2.45) is 0 Å². The molecule has 58 valence electrons. The van der Waals surface area contributed by atoms with Gasteiger partial charge < -0.3 is 10.7 Å². The van der Waals surface area contributed by atoms with Gasteiger partial charge in [0.1, 0.15) is 0 Å². The molecule has 1 rings (SSSR count). The van der Waals surface area contributed by atoms with Crippen LogP contribution in [0.5, 0.6) is 0 Å². The fraction of sp³-hybridized carbons (Fsp3) is 0.833. The topological polar surface area (TPSA) is 27.3 Å². The second-order valence-electron chi connectivity index (χ2n) is 2.41. The molecule has 0 spiro atoms. The van der Waals surface area contributed by atoms with Crippen LogP contribution in [0.4, 0.5) is 0 Å². The van der Waals surface area contributed by atoms with Gasteiger partial charge in [0, 0.05) is 26.2 Å². The van der Waals surface area contributed by atoms with Crippen molar-refractivity contribution >= 4 is 17.2 Å². The van der Waals surface area contributed by atoms with Crippen LogP contribution in [0.25, 0.3) is 0 Å². The summed E-state index contributed by atoms with van der Waals surface area (Å²) < 4.78 is 0. The van der Waals surface area contributed by atoms with Crippen LogP contribution in [-0.2, 0) is 0 Å². The first-order chi connectivity index (χ1) is 4.79. The Morgan fingerprint density at radius 3 is 2.60 bits per heavy atom. The standard InChI is InChI=1S/C6H13N3S/c1-6(10)8-9-4-2-7-3-5-9/h7H,2-5H2,1H3,(H,8,10). The van der Waals surface area contributed by atoms with Gasteiger partial charge in [-0.3, -0.25) is 0 Å². The zero-order chi connectivity index (χ0) is 7.40. The lowest BCUT2D eigenvalue weighted by Crippen LogP contribution is -2.51. The van der Waals surface area contributed by atoms with E-state index in [1.807, 2.05) is 6.92 Å². The molecule has 0 radical (unpaired) electrons. The number of hydrazine groups is 1. The Morgan fingerprint density at radius 2 is 2.10 bits per heavy atom. The number of piperazine rings is 1. The molecule has 0 aromatic carbocycles. The lowest BCUT2D eigenvalue weighted by molar-refractivity contribution is 0.207. The zero-order valence-electron chi connectivity index (χ0n) is 6.18. The summed E-state index contributed by atoms with van der Waals surface area (Å²) in [5.41, 5.74) is 3.11. The summed E-state index contributed by atoms with van der Waals surface area (Å²) in [4.78, 5) is 0.849. The Hall–Kier alpha value is -0.190. The Labute approximate surface area is 66.7 Å². The first-order valence-electron chi connectivity index (χ1n) is 3.52. The van der Waals surface area contributed by atoms with Crippen LogP contribution in [-0.4, -0.2) is 36.2 Å². The molecular weight excluding hydrogens is 146 g/mol. The molecule has 0 atom stereocenters. The summed E-state index contributed by atoms with van der Waals surface area (Å²) in [6.45, 7) is 6.07. The zero-order valence-corrected chi connectivity index (χ0v) is 7.00. The third-order valence-corrected chi connectivity index (χ3v) is 1.52. The number of hydrogen-bond donors (Lipinski definition) is 2. The monoisotopic (exact) mass is 159 g/mol. The summed E-state index contributed by atoms with van der Waals surface area (Å²) in [5.74, 6) is 0. The minimum atomic E-state index is 0.849. The average Bonchev–Trinajstić information content (AvgIpc) is 1.88. The summed E-state index contributed by atoms with van der Waals surface area (Å²) in [7, 11) is 0. The van der Waals surface area contributed by atoms with Crippen LogP contribution < -0.4 is 10.7 Å². The van der Waals surface area contributed by atoms with Gasteiger partial charge in [0.15, 0.2) is 0 Å². The minimum absolute atomic E-state index is 0.849. The minimum Gasteiger partial charge on any atom is -0.314 e. The van der Waals surface area contributed by atoms with E-state index in [9.17, 15) is 0 Å². The Balaban J connectivity index is 2.19. The predicted octanol–water partition coefficient (Wildman–Crippen LogP) is -0.257. The molecule has 4 heteroatoms. The number of hydrogen-bond acceptors (Lipinski definition) is 3. The van der Waals surface area contributed by atoms with E-state index in [0.717, 1.165) is 31.2 Å². The molecule has 1 aliphatic heterocycles. The van der Waals surface area contributed by atoms with E-state index in [4.69, 9.17) is 12.2 Å². The molecule has 2 N–H and O–H groups in total. The van der Waals surface area contributed by atoms with Crippen molar-refractivity contribution in [3.8, 4) is 0 Å². The van der Waals surface area contributed by atoms with Crippen LogP contribution in [0.1, 0.15) is 6.92 Å². The summed E-state index contributed by atoms with van der Waals surface area (Å²) in [6.07, 6.45) is 0. The molecule has 0 aliphatic carbocycles. The maximum absolute atomic E-state index is 4.90. The Morgan fingerprint density at radius 1 is 1.50 bits per heavy atom. The van der Waals surface area contributed by atoms with Crippen LogP contribution in [0.2, 0.25) is 0 Å². The van der Waals surface area contributed by atoms with Crippen molar-refractivity contribution < 1.29 is 0 Å². The fourth-order valence-corrected chi connectivity index (χ4v) is 1.13. The van der Waals surface area contributed by atoms with E-state index in [2.05, 4.69) is 15.8 Å². The smallest absolute Gasteiger partial charge is 0.0865 e. The molecule has 3 nitrogen and oxygen atoms in total. The molecule has 0 aromatic heterocycles. The highest BCUT2D eigenvalue weighted by molar-refractivity contribution is 7.80. The van der Waals surface area contributed by atoms with E-state index in [0.29, 0.717) is 0 Å². The van der Waals surface area contributed by atoms with Gasteiger partial charge in [0.05, 0.1) is 4.99 Å². The van der Waals surface area contributed by atoms with E-state index in [1.54, 1.807) is 0 Å². The molecule has 1 saturated heterocycles. The average molecular weight is 159 g/mol. The van der Waals surface area contributed by atoms with Crippen LogP contribution >= 0.6 is 12.2 Å². The SMILES string of the molecule is CC(=S)NN1CCNCC1. The molecule has 1 aliphatic rings. The molecule has 0 bridgehead atoms. The lowest BCUT2D eigenvalue weighted by atomic mass is 10.4. The fourth-order valence-electron chi connectivity index (χ4n) is 0.999. The van der Waals surface area contributed by atoms with Crippen LogP contribution in [0.3, 0.4) is 0 Å². The third-order valence-electron chi connectivity index (χ3n) is 1.43. The quantitative estimate of drug-likeness (QED) is 0.516. The highest BCUT2D eigenvalue weighted by atomic mass is 32.1. The van der Waals surface area contributed by atoms with Crippen molar-refractivity contribution in [1.29, 1.82) is 0 Å². The third kappa shape index (κ3) is 2.60. The van der Waals surface area contributed by atoms with Crippen LogP contribution in [0.15, 0.2) is 0 Å². The van der Waals surface area contributed by atoms with Gasteiger partial charge in [-0.1, -0.05) is 12.2 Å². The van der Waals surface area contributed by atoms with Gasteiger partial charge in [-0.25, -0.2) is 5.01 Å².